The largest absolute Gasteiger partial charge is 0.493 e. The molecule has 0 amide bonds. The van der Waals surface area contributed by atoms with Crippen molar-refractivity contribution in [2.75, 3.05) is 13.7 Å². The number of hydrogen-bond donors (Lipinski definition) is 1. The van der Waals surface area contributed by atoms with Gasteiger partial charge in [-0.1, -0.05) is 6.07 Å². The predicted octanol–water partition coefficient (Wildman–Crippen LogP) is 3.10. The molecule has 6 heteroatoms. The maximum absolute atomic E-state index is 14.0. The van der Waals surface area contributed by atoms with E-state index < -0.39 is 29.4 Å². The Labute approximate surface area is 127 Å². The quantitative estimate of drug-likeness (QED) is 0.932. The van der Waals surface area contributed by atoms with Crippen molar-refractivity contribution in [2.24, 2.45) is 5.92 Å². The zero-order valence-electron chi connectivity index (χ0n) is 12.3. The van der Waals surface area contributed by atoms with Crippen molar-refractivity contribution in [2.45, 2.75) is 37.2 Å². The van der Waals surface area contributed by atoms with Crippen LogP contribution in [-0.2, 0) is 9.53 Å². The van der Waals surface area contributed by atoms with E-state index >= 15 is 0 Å². The second-order valence-corrected chi connectivity index (χ2v) is 6.09. The van der Waals surface area contributed by atoms with Crippen molar-refractivity contribution < 1.29 is 28.2 Å². The van der Waals surface area contributed by atoms with E-state index in [4.69, 9.17) is 9.47 Å². The maximum Gasteiger partial charge on any atom is 0.309 e. The molecule has 22 heavy (non-hydrogen) atoms. The zero-order valence-corrected chi connectivity index (χ0v) is 12.3. The molecule has 2 atom stereocenters. The fourth-order valence-corrected chi connectivity index (χ4v) is 3.52. The topological polar surface area (TPSA) is 55.8 Å². The van der Waals surface area contributed by atoms with E-state index in [0.29, 0.717) is 12.0 Å². The van der Waals surface area contributed by atoms with Crippen LogP contribution in [0.2, 0.25) is 0 Å². The van der Waals surface area contributed by atoms with Gasteiger partial charge in [-0.15, -0.1) is 0 Å². The van der Waals surface area contributed by atoms with Crippen molar-refractivity contribution in [3.05, 3.63) is 29.3 Å². The van der Waals surface area contributed by atoms with E-state index in [2.05, 4.69) is 0 Å². The van der Waals surface area contributed by atoms with Gasteiger partial charge in [0.15, 0.2) is 11.6 Å². The summed E-state index contributed by atoms with van der Waals surface area (Å²) in [5, 5.41) is 9.43. The first-order valence-electron chi connectivity index (χ1n) is 7.36. The number of aliphatic carboxylic acids is 1. The number of rotatable bonds is 3. The minimum absolute atomic E-state index is 0.0855. The lowest BCUT2D eigenvalue weighted by molar-refractivity contribution is -0.173. The lowest BCUT2D eigenvalue weighted by atomic mass is 9.67. The third-order valence-electron chi connectivity index (χ3n) is 4.91. The highest BCUT2D eigenvalue weighted by molar-refractivity contribution is 5.72. The number of carboxylic acid groups (broad SMARTS) is 1. The summed E-state index contributed by atoms with van der Waals surface area (Å²) in [6.07, 6.45) is 3.29. The molecule has 3 rings (SSSR count). The average molecular weight is 312 g/mol. The Morgan fingerprint density at radius 3 is 2.68 bits per heavy atom. The highest BCUT2D eigenvalue weighted by atomic mass is 19.2. The van der Waals surface area contributed by atoms with Gasteiger partial charge in [-0.25, -0.2) is 4.39 Å². The number of halogens is 2. The molecular weight excluding hydrogens is 294 g/mol. The Kier molecular flexibility index (Phi) is 3.80. The lowest BCUT2D eigenvalue weighted by Gasteiger charge is -2.49. The Bertz CT molecular complexity index is 598. The summed E-state index contributed by atoms with van der Waals surface area (Å²) in [5.74, 6) is -4.50. The monoisotopic (exact) mass is 312 g/mol. The van der Waals surface area contributed by atoms with Crippen LogP contribution in [-0.4, -0.2) is 30.4 Å². The van der Waals surface area contributed by atoms with Crippen molar-refractivity contribution in [1.82, 2.24) is 0 Å². The molecule has 1 aromatic rings. The van der Waals surface area contributed by atoms with Crippen LogP contribution in [0.15, 0.2) is 12.1 Å². The summed E-state index contributed by atoms with van der Waals surface area (Å²) in [6, 6.07) is 2.45. The van der Waals surface area contributed by atoms with Crippen molar-refractivity contribution in [3.8, 4) is 5.75 Å². The molecule has 1 aromatic carbocycles. The predicted molar refractivity (Wildman–Crippen MR) is 73.9 cm³/mol. The molecular formula is C16H18F2O4. The van der Waals surface area contributed by atoms with E-state index in [1.165, 1.54) is 13.2 Å². The third-order valence-corrected chi connectivity index (χ3v) is 4.91. The summed E-state index contributed by atoms with van der Waals surface area (Å²) in [6.45, 7) is 0.0855. The van der Waals surface area contributed by atoms with E-state index in [1.54, 1.807) is 0 Å². The van der Waals surface area contributed by atoms with Crippen molar-refractivity contribution in [1.29, 1.82) is 0 Å². The van der Waals surface area contributed by atoms with Gasteiger partial charge in [0.05, 0.1) is 25.2 Å². The first-order valence-corrected chi connectivity index (χ1v) is 7.36. The van der Waals surface area contributed by atoms with E-state index in [1.807, 2.05) is 0 Å². The van der Waals surface area contributed by atoms with Crippen LogP contribution in [0.5, 0.6) is 5.75 Å². The number of benzene rings is 1. The molecule has 0 radical (unpaired) electrons. The molecule has 1 heterocycles. The first-order chi connectivity index (χ1) is 10.5. The molecule has 0 unspecified atom stereocenters. The van der Waals surface area contributed by atoms with Crippen LogP contribution in [0, 0.1) is 17.6 Å². The molecule has 1 aliphatic heterocycles. The highest BCUT2D eigenvalue weighted by Crippen LogP contribution is 2.50. The SMILES string of the molecule is COc1c([C@@H]2CC3(CCC3)OC[C@H]2C(=O)O)ccc(F)c1F. The van der Waals surface area contributed by atoms with E-state index in [9.17, 15) is 18.7 Å². The minimum atomic E-state index is -1.07. The van der Waals surface area contributed by atoms with Gasteiger partial charge >= 0.3 is 5.97 Å². The summed E-state index contributed by atoms with van der Waals surface area (Å²) in [4.78, 5) is 11.5. The standard InChI is InChI=1S/C16H18F2O4/c1-21-14-9(3-4-12(17)13(14)18)10-7-16(5-2-6-16)22-8-11(10)15(19)20/h3-4,10-11H,2,5-8H2,1H3,(H,19,20)/t10-,11+/m0/s1. The molecule has 0 bridgehead atoms. The highest BCUT2D eigenvalue weighted by Gasteiger charge is 2.49. The van der Waals surface area contributed by atoms with Crippen LogP contribution < -0.4 is 4.74 Å². The fourth-order valence-electron chi connectivity index (χ4n) is 3.52. The van der Waals surface area contributed by atoms with Crippen LogP contribution in [0.4, 0.5) is 8.78 Å². The van der Waals surface area contributed by atoms with E-state index in [-0.39, 0.29) is 18.0 Å². The van der Waals surface area contributed by atoms with Gasteiger partial charge in [0.1, 0.15) is 0 Å². The number of carboxylic acids is 1. The minimum Gasteiger partial charge on any atom is -0.493 e. The van der Waals surface area contributed by atoms with Crippen LogP contribution in [0.3, 0.4) is 0 Å². The second-order valence-electron chi connectivity index (χ2n) is 6.09. The molecule has 0 aromatic heterocycles. The number of methoxy groups -OCH3 is 1. The summed E-state index contributed by atoms with van der Waals surface area (Å²) in [5.41, 5.74) is 0.0929. The number of hydrogen-bond acceptors (Lipinski definition) is 3. The lowest BCUT2D eigenvalue weighted by Crippen LogP contribution is -2.49. The molecule has 120 valence electrons. The van der Waals surface area contributed by atoms with Gasteiger partial charge in [0.25, 0.3) is 0 Å². The molecule has 2 aliphatic rings. The molecule has 1 N–H and O–H groups in total. The second kappa shape index (κ2) is 5.50. The average Bonchev–Trinajstić information content (AvgIpc) is 2.47. The Morgan fingerprint density at radius 1 is 1.41 bits per heavy atom. The van der Waals surface area contributed by atoms with Crippen LogP contribution in [0.25, 0.3) is 0 Å². The third kappa shape index (κ3) is 2.35. The van der Waals surface area contributed by atoms with Gasteiger partial charge in [-0.05, 0) is 31.7 Å². The molecule has 2 fully saturated rings. The fraction of sp³-hybridized carbons (Fsp3) is 0.562. The smallest absolute Gasteiger partial charge is 0.309 e. The van der Waals surface area contributed by atoms with Crippen molar-refractivity contribution >= 4 is 5.97 Å². The molecule has 1 saturated carbocycles. The van der Waals surface area contributed by atoms with Gasteiger partial charge < -0.3 is 14.6 Å². The van der Waals surface area contributed by atoms with Crippen molar-refractivity contribution in [3.63, 3.8) is 0 Å². The van der Waals surface area contributed by atoms with Crippen LogP contribution in [0.1, 0.15) is 37.2 Å². The maximum atomic E-state index is 14.0. The van der Waals surface area contributed by atoms with Gasteiger partial charge in [0.2, 0.25) is 5.82 Å². The molecule has 1 saturated heterocycles. The Morgan fingerprint density at radius 2 is 2.14 bits per heavy atom. The molecule has 4 nitrogen and oxygen atoms in total. The first kappa shape index (κ1) is 15.2. The Hall–Kier alpha value is -1.69. The van der Waals surface area contributed by atoms with Gasteiger partial charge in [-0.3, -0.25) is 4.79 Å². The normalized spacial score (nSPS) is 26.5. The van der Waals surface area contributed by atoms with Crippen LogP contribution >= 0.6 is 0 Å². The summed E-state index contributed by atoms with van der Waals surface area (Å²) >= 11 is 0. The zero-order chi connectivity index (χ0) is 15.9. The van der Waals surface area contributed by atoms with E-state index in [0.717, 1.165) is 25.3 Å². The van der Waals surface area contributed by atoms with Gasteiger partial charge in [0, 0.05) is 11.5 Å². The number of carbonyl (C=O) groups is 1. The molecule has 1 spiro atoms. The van der Waals surface area contributed by atoms with Gasteiger partial charge in [-0.2, -0.15) is 4.39 Å². The molecule has 1 aliphatic carbocycles. The summed E-state index contributed by atoms with van der Waals surface area (Å²) < 4.78 is 38.1. The summed E-state index contributed by atoms with van der Waals surface area (Å²) in [7, 11) is 1.26. The Balaban J connectivity index is 2.02. The number of ether oxygens (including phenoxy) is 2.